The minimum absolute atomic E-state index is 0.302. The highest BCUT2D eigenvalue weighted by atomic mass is 16.5. The number of methoxy groups -OCH3 is 3. The highest BCUT2D eigenvalue weighted by Crippen LogP contribution is 2.24. The first-order valence-electron chi connectivity index (χ1n) is 8.94. The number of nitrogens with zero attached hydrogens (tertiary/aromatic N) is 1. The summed E-state index contributed by atoms with van der Waals surface area (Å²) in [7, 11) is 4.78. The Hall–Kier alpha value is -3.80. The van der Waals surface area contributed by atoms with E-state index in [1.165, 1.54) is 6.21 Å². The molecule has 0 unspecified atom stereocenters. The second-order valence-electron chi connectivity index (χ2n) is 6.12. The highest BCUT2D eigenvalue weighted by molar-refractivity contribution is 5.96. The number of hydrogen-bond acceptors (Lipinski definition) is 5. The molecule has 0 aliphatic carbocycles. The average molecular weight is 390 g/mol. The van der Waals surface area contributed by atoms with Crippen LogP contribution in [0, 0.1) is 0 Å². The van der Waals surface area contributed by atoms with Crippen LogP contribution in [0.3, 0.4) is 0 Å². The van der Waals surface area contributed by atoms with Crippen molar-refractivity contribution >= 4 is 12.1 Å². The van der Waals surface area contributed by atoms with Crippen molar-refractivity contribution in [3.63, 3.8) is 0 Å². The Labute approximate surface area is 169 Å². The van der Waals surface area contributed by atoms with Crippen LogP contribution in [-0.4, -0.2) is 33.5 Å². The van der Waals surface area contributed by atoms with Gasteiger partial charge >= 0.3 is 0 Å². The normalized spacial score (nSPS) is 10.6. The SMILES string of the molecule is COc1ccc(-c2cccc(C(=O)N/N=C/c3ccc(OC)cc3OC)c2)cc1. The van der Waals surface area contributed by atoms with E-state index in [2.05, 4.69) is 10.5 Å². The van der Waals surface area contributed by atoms with Gasteiger partial charge in [0.15, 0.2) is 0 Å². The molecule has 1 N–H and O–H groups in total. The Morgan fingerprint density at radius 3 is 2.24 bits per heavy atom. The van der Waals surface area contributed by atoms with Crippen LogP contribution in [-0.2, 0) is 0 Å². The van der Waals surface area contributed by atoms with Crippen LogP contribution in [0.2, 0.25) is 0 Å². The number of nitrogens with one attached hydrogen (secondary N) is 1. The summed E-state index contributed by atoms with van der Waals surface area (Å²) >= 11 is 0. The van der Waals surface area contributed by atoms with Crippen LogP contribution in [0.15, 0.2) is 71.8 Å². The first kappa shape index (κ1) is 19.9. The molecule has 0 radical (unpaired) electrons. The Kier molecular flexibility index (Phi) is 6.47. The Morgan fingerprint density at radius 1 is 0.828 bits per heavy atom. The lowest BCUT2D eigenvalue weighted by molar-refractivity contribution is 0.0955. The molecule has 6 heteroatoms. The Morgan fingerprint density at radius 2 is 1.55 bits per heavy atom. The number of amides is 1. The highest BCUT2D eigenvalue weighted by Gasteiger charge is 2.07. The van der Waals surface area contributed by atoms with E-state index in [-0.39, 0.29) is 5.91 Å². The summed E-state index contributed by atoms with van der Waals surface area (Å²) in [6.45, 7) is 0. The van der Waals surface area contributed by atoms with Gasteiger partial charge < -0.3 is 14.2 Å². The molecular weight excluding hydrogens is 368 g/mol. The first-order chi connectivity index (χ1) is 14.1. The molecule has 3 aromatic rings. The molecule has 0 fully saturated rings. The van der Waals surface area contributed by atoms with Crippen molar-refractivity contribution < 1.29 is 19.0 Å². The molecule has 0 spiro atoms. The summed E-state index contributed by atoms with van der Waals surface area (Å²) in [5.41, 5.74) is 5.71. The largest absolute Gasteiger partial charge is 0.497 e. The second-order valence-corrected chi connectivity index (χ2v) is 6.12. The maximum absolute atomic E-state index is 12.5. The predicted molar refractivity (Wildman–Crippen MR) is 113 cm³/mol. The number of benzene rings is 3. The zero-order chi connectivity index (χ0) is 20.6. The van der Waals surface area contributed by atoms with Gasteiger partial charge in [-0.1, -0.05) is 24.3 Å². The van der Waals surface area contributed by atoms with Crippen molar-refractivity contribution in [2.24, 2.45) is 5.10 Å². The summed E-state index contributed by atoms with van der Waals surface area (Å²) in [5, 5.41) is 4.05. The zero-order valence-corrected chi connectivity index (χ0v) is 16.5. The van der Waals surface area contributed by atoms with E-state index in [9.17, 15) is 4.79 Å². The van der Waals surface area contributed by atoms with E-state index in [0.29, 0.717) is 17.1 Å². The molecule has 0 aromatic heterocycles. The first-order valence-corrected chi connectivity index (χ1v) is 8.94. The van der Waals surface area contributed by atoms with Crippen LogP contribution in [0.5, 0.6) is 17.2 Å². The minimum Gasteiger partial charge on any atom is -0.497 e. The lowest BCUT2D eigenvalue weighted by atomic mass is 10.0. The third kappa shape index (κ3) is 4.93. The van der Waals surface area contributed by atoms with E-state index in [1.807, 2.05) is 42.5 Å². The number of hydrogen-bond donors (Lipinski definition) is 1. The smallest absolute Gasteiger partial charge is 0.271 e. The molecule has 0 aliphatic rings. The predicted octanol–water partition coefficient (Wildman–Crippen LogP) is 4.14. The molecule has 148 valence electrons. The molecule has 3 aromatic carbocycles. The molecule has 29 heavy (non-hydrogen) atoms. The van der Waals surface area contributed by atoms with E-state index in [0.717, 1.165) is 22.4 Å². The summed E-state index contributed by atoms with van der Waals surface area (Å²) < 4.78 is 15.7. The third-order valence-corrected chi connectivity index (χ3v) is 4.36. The standard InChI is InChI=1S/C23H22N2O4/c1-27-20-10-7-16(8-11-20)17-5-4-6-18(13-17)23(26)25-24-15-19-9-12-21(28-2)14-22(19)29-3/h4-15H,1-3H3,(H,25,26)/b24-15+. The maximum Gasteiger partial charge on any atom is 0.271 e. The van der Waals surface area contributed by atoms with Gasteiger partial charge in [-0.05, 0) is 47.5 Å². The van der Waals surface area contributed by atoms with Crippen molar-refractivity contribution in [3.8, 4) is 28.4 Å². The molecule has 0 atom stereocenters. The fraction of sp³-hybridized carbons (Fsp3) is 0.130. The molecule has 0 saturated carbocycles. The molecule has 0 aliphatic heterocycles. The van der Waals surface area contributed by atoms with Crippen molar-refractivity contribution in [3.05, 3.63) is 77.9 Å². The summed E-state index contributed by atoms with van der Waals surface area (Å²) in [4.78, 5) is 12.5. The molecule has 0 bridgehead atoms. The monoisotopic (exact) mass is 390 g/mol. The van der Waals surface area contributed by atoms with E-state index < -0.39 is 0 Å². The van der Waals surface area contributed by atoms with Gasteiger partial charge in [0.05, 0.1) is 27.5 Å². The van der Waals surface area contributed by atoms with Gasteiger partial charge in [-0.15, -0.1) is 0 Å². The van der Waals surface area contributed by atoms with Crippen LogP contribution in [0.4, 0.5) is 0 Å². The Bertz CT molecular complexity index is 1010. The van der Waals surface area contributed by atoms with Crippen LogP contribution in [0.25, 0.3) is 11.1 Å². The fourth-order valence-electron chi connectivity index (χ4n) is 2.77. The quantitative estimate of drug-likeness (QED) is 0.486. The van der Waals surface area contributed by atoms with Gasteiger partial charge in [-0.2, -0.15) is 5.10 Å². The lowest BCUT2D eigenvalue weighted by Crippen LogP contribution is -2.17. The average Bonchev–Trinajstić information content (AvgIpc) is 2.79. The van der Waals surface area contributed by atoms with Gasteiger partial charge in [-0.3, -0.25) is 4.79 Å². The molecule has 0 saturated heterocycles. The van der Waals surface area contributed by atoms with Crippen LogP contribution >= 0.6 is 0 Å². The van der Waals surface area contributed by atoms with Crippen molar-refractivity contribution in [2.45, 2.75) is 0 Å². The zero-order valence-electron chi connectivity index (χ0n) is 16.5. The van der Waals surface area contributed by atoms with E-state index in [4.69, 9.17) is 14.2 Å². The number of carbonyl (C=O) groups is 1. The lowest BCUT2D eigenvalue weighted by Gasteiger charge is -2.07. The van der Waals surface area contributed by atoms with Gasteiger partial charge in [0.2, 0.25) is 0 Å². The second kappa shape index (κ2) is 9.41. The van der Waals surface area contributed by atoms with Gasteiger partial charge in [0.25, 0.3) is 5.91 Å². The molecule has 0 heterocycles. The molecule has 1 amide bonds. The maximum atomic E-state index is 12.5. The molecule has 3 rings (SSSR count). The van der Waals surface area contributed by atoms with Gasteiger partial charge in [-0.25, -0.2) is 5.43 Å². The van der Waals surface area contributed by atoms with Crippen molar-refractivity contribution in [2.75, 3.05) is 21.3 Å². The third-order valence-electron chi connectivity index (χ3n) is 4.36. The Balaban J connectivity index is 1.72. The van der Waals surface area contributed by atoms with Gasteiger partial charge in [0.1, 0.15) is 17.2 Å². The topological polar surface area (TPSA) is 69.2 Å². The number of ether oxygens (including phenoxy) is 3. The number of hydrazone groups is 1. The fourth-order valence-corrected chi connectivity index (χ4v) is 2.77. The number of carbonyl (C=O) groups excluding carboxylic acids is 1. The van der Waals surface area contributed by atoms with Crippen LogP contribution in [0.1, 0.15) is 15.9 Å². The molecule has 6 nitrogen and oxygen atoms in total. The van der Waals surface area contributed by atoms with E-state index >= 15 is 0 Å². The summed E-state index contributed by atoms with van der Waals surface area (Å²) in [5.74, 6) is 1.76. The molecular formula is C23H22N2O4. The van der Waals surface area contributed by atoms with Crippen LogP contribution < -0.4 is 19.6 Å². The van der Waals surface area contributed by atoms with Crippen molar-refractivity contribution in [1.29, 1.82) is 0 Å². The minimum atomic E-state index is -0.302. The number of rotatable bonds is 7. The summed E-state index contributed by atoms with van der Waals surface area (Å²) in [6, 6.07) is 20.4. The van der Waals surface area contributed by atoms with Crippen molar-refractivity contribution in [1.82, 2.24) is 5.43 Å². The van der Waals surface area contributed by atoms with Gasteiger partial charge in [0, 0.05) is 17.2 Å². The summed E-state index contributed by atoms with van der Waals surface area (Å²) in [6.07, 6.45) is 1.53. The van der Waals surface area contributed by atoms with E-state index in [1.54, 1.807) is 45.6 Å².